The first-order valence-corrected chi connectivity index (χ1v) is 3.83. The van der Waals surface area contributed by atoms with Crippen molar-refractivity contribution < 1.29 is 0 Å². The van der Waals surface area contributed by atoms with Crippen LogP contribution in [0.5, 0.6) is 0 Å². The fourth-order valence-electron chi connectivity index (χ4n) is 0.982. The van der Waals surface area contributed by atoms with Crippen LogP contribution in [-0.2, 0) is 0 Å². The van der Waals surface area contributed by atoms with Crippen LogP contribution < -0.4 is 5.32 Å². The molecule has 1 atom stereocenters. The van der Waals surface area contributed by atoms with Crippen molar-refractivity contribution in [1.29, 1.82) is 0 Å². The van der Waals surface area contributed by atoms with Crippen molar-refractivity contribution in [3.8, 4) is 0 Å². The van der Waals surface area contributed by atoms with E-state index in [1.165, 1.54) is 11.1 Å². The second-order valence-corrected chi connectivity index (χ2v) is 2.81. The van der Waals surface area contributed by atoms with Gasteiger partial charge in [-0.2, -0.15) is 0 Å². The van der Waals surface area contributed by atoms with Crippen LogP contribution in [0.15, 0.2) is 18.5 Å². The van der Waals surface area contributed by atoms with E-state index in [0.717, 1.165) is 0 Å². The summed E-state index contributed by atoms with van der Waals surface area (Å²) in [6, 6.07) is 2.54. The molecule has 0 amide bonds. The van der Waals surface area contributed by atoms with E-state index in [-0.39, 0.29) is 0 Å². The molecule has 0 saturated heterocycles. The summed E-state index contributed by atoms with van der Waals surface area (Å²) in [6.07, 6.45) is 3.76. The lowest BCUT2D eigenvalue weighted by Gasteiger charge is -2.09. The van der Waals surface area contributed by atoms with Crippen molar-refractivity contribution in [1.82, 2.24) is 10.3 Å². The third-order valence-electron chi connectivity index (χ3n) is 1.83. The molecular weight excluding hydrogens is 136 g/mol. The Morgan fingerprint density at radius 1 is 1.45 bits per heavy atom. The molecule has 0 fully saturated rings. The Labute approximate surface area is 67.7 Å². The van der Waals surface area contributed by atoms with Crippen molar-refractivity contribution in [2.75, 3.05) is 7.05 Å². The molecule has 0 radical (unpaired) electrons. The summed E-state index contributed by atoms with van der Waals surface area (Å²) in [5.41, 5.74) is 2.46. The van der Waals surface area contributed by atoms with E-state index in [4.69, 9.17) is 0 Å². The number of rotatable bonds is 2. The molecule has 0 aromatic carbocycles. The number of aryl methyl sites for hydroxylation is 1. The minimum Gasteiger partial charge on any atom is -0.313 e. The molecule has 2 heteroatoms. The molecule has 0 aliphatic rings. The van der Waals surface area contributed by atoms with Gasteiger partial charge < -0.3 is 5.32 Å². The quantitative estimate of drug-likeness (QED) is 0.693. The van der Waals surface area contributed by atoms with E-state index < -0.39 is 0 Å². The summed E-state index contributed by atoms with van der Waals surface area (Å²) in [7, 11) is 1.95. The van der Waals surface area contributed by atoms with Crippen molar-refractivity contribution in [3.05, 3.63) is 29.6 Å². The van der Waals surface area contributed by atoms with Crippen LogP contribution in [0.4, 0.5) is 0 Å². The van der Waals surface area contributed by atoms with Gasteiger partial charge in [0.05, 0.1) is 0 Å². The molecule has 11 heavy (non-hydrogen) atoms. The van der Waals surface area contributed by atoms with E-state index in [1.807, 2.05) is 19.4 Å². The van der Waals surface area contributed by atoms with E-state index >= 15 is 0 Å². The van der Waals surface area contributed by atoms with Gasteiger partial charge in [0, 0.05) is 18.4 Å². The summed E-state index contributed by atoms with van der Waals surface area (Å²) >= 11 is 0. The topological polar surface area (TPSA) is 24.9 Å². The summed E-state index contributed by atoms with van der Waals surface area (Å²) < 4.78 is 0. The Bertz CT molecular complexity index is 233. The lowest BCUT2D eigenvalue weighted by atomic mass is 10.1. The average molecular weight is 150 g/mol. The highest BCUT2D eigenvalue weighted by molar-refractivity contribution is 5.19. The third-order valence-corrected chi connectivity index (χ3v) is 1.83. The highest BCUT2D eigenvalue weighted by atomic mass is 14.9. The SMILES string of the molecule is CNC(C)c1cncc(C)c1. The molecule has 60 valence electrons. The van der Waals surface area contributed by atoms with Crippen molar-refractivity contribution in [2.45, 2.75) is 19.9 Å². The zero-order valence-corrected chi connectivity index (χ0v) is 7.26. The number of nitrogens with one attached hydrogen (secondary N) is 1. The van der Waals surface area contributed by atoms with Gasteiger partial charge in [-0.25, -0.2) is 0 Å². The van der Waals surface area contributed by atoms with Crippen molar-refractivity contribution in [2.24, 2.45) is 0 Å². The van der Waals surface area contributed by atoms with Crippen LogP contribution in [0.2, 0.25) is 0 Å². The smallest absolute Gasteiger partial charge is 0.0315 e. The number of hydrogen-bond donors (Lipinski definition) is 1. The molecule has 0 spiro atoms. The minimum absolute atomic E-state index is 0.391. The number of aromatic nitrogens is 1. The maximum Gasteiger partial charge on any atom is 0.0315 e. The zero-order chi connectivity index (χ0) is 8.27. The molecule has 1 unspecified atom stereocenters. The Morgan fingerprint density at radius 2 is 2.18 bits per heavy atom. The Balaban J connectivity index is 2.86. The standard InChI is InChI=1S/C9H14N2/c1-7-4-9(6-11-5-7)8(2)10-3/h4-6,8,10H,1-3H3. The van der Waals surface area contributed by atoms with Gasteiger partial charge in [0.2, 0.25) is 0 Å². The fourth-order valence-corrected chi connectivity index (χ4v) is 0.982. The normalized spacial score (nSPS) is 13.0. The van der Waals surface area contributed by atoms with Crippen molar-refractivity contribution >= 4 is 0 Å². The molecular formula is C9H14N2. The third kappa shape index (κ3) is 2.02. The van der Waals surface area contributed by atoms with Gasteiger partial charge >= 0.3 is 0 Å². The van der Waals surface area contributed by atoms with Gasteiger partial charge in [-0.05, 0) is 32.0 Å². The average Bonchev–Trinajstić information content (AvgIpc) is 2.03. The molecule has 1 aromatic rings. The van der Waals surface area contributed by atoms with Crippen LogP contribution in [0, 0.1) is 6.92 Å². The molecule has 1 aromatic heterocycles. The maximum atomic E-state index is 4.11. The summed E-state index contributed by atoms with van der Waals surface area (Å²) in [5.74, 6) is 0. The first kappa shape index (κ1) is 8.21. The zero-order valence-electron chi connectivity index (χ0n) is 7.26. The first-order valence-electron chi connectivity index (χ1n) is 3.83. The number of nitrogens with zero attached hydrogens (tertiary/aromatic N) is 1. The minimum atomic E-state index is 0.391. The lowest BCUT2D eigenvalue weighted by Crippen LogP contribution is -2.12. The summed E-state index contributed by atoms with van der Waals surface area (Å²) in [4.78, 5) is 4.11. The van der Waals surface area contributed by atoms with E-state index in [1.54, 1.807) is 0 Å². The van der Waals surface area contributed by atoms with Gasteiger partial charge in [-0.15, -0.1) is 0 Å². The Kier molecular flexibility index (Phi) is 2.60. The van der Waals surface area contributed by atoms with Crippen LogP contribution in [-0.4, -0.2) is 12.0 Å². The first-order chi connectivity index (χ1) is 5.24. The van der Waals surface area contributed by atoms with Gasteiger partial charge in [0.15, 0.2) is 0 Å². The van der Waals surface area contributed by atoms with Gasteiger partial charge in [0.25, 0.3) is 0 Å². The predicted octanol–water partition coefficient (Wildman–Crippen LogP) is 1.67. The molecule has 1 heterocycles. The highest BCUT2D eigenvalue weighted by Crippen LogP contribution is 2.10. The van der Waals surface area contributed by atoms with E-state index in [9.17, 15) is 0 Å². The van der Waals surface area contributed by atoms with Crippen LogP contribution in [0.1, 0.15) is 24.1 Å². The summed E-state index contributed by atoms with van der Waals surface area (Å²) in [6.45, 7) is 4.18. The van der Waals surface area contributed by atoms with E-state index in [2.05, 4.69) is 30.2 Å². The second-order valence-electron chi connectivity index (χ2n) is 2.81. The van der Waals surface area contributed by atoms with Gasteiger partial charge in [0.1, 0.15) is 0 Å². The molecule has 1 rings (SSSR count). The monoisotopic (exact) mass is 150 g/mol. The Hall–Kier alpha value is -0.890. The second kappa shape index (κ2) is 3.49. The molecule has 0 aliphatic heterocycles. The predicted molar refractivity (Wildman–Crippen MR) is 46.4 cm³/mol. The molecule has 0 aliphatic carbocycles. The fraction of sp³-hybridized carbons (Fsp3) is 0.444. The largest absolute Gasteiger partial charge is 0.313 e. The van der Waals surface area contributed by atoms with Crippen LogP contribution >= 0.6 is 0 Å². The lowest BCUT2D eigenvalue weighted by molar-refractivity contribution is 0.649. The van der Waals surface area contributed by atoms with Gasteiger partial charge in [-0.3, -0.25) is 4.98 Å². The van der Waals surface area contributed by atoms with Gasteiger partial charge in [-0.1, -0.05) is 6.07 Å². The van der Waals surface area contributed by atoms with Crippen molar-refractivity contribution in [3.63, 3.8) is 0 Å². The highest BCUT2D eigenvalue weighted by Gasteiger charge is 2.00. The number of hydrogen-bond acceptors (Lipinski definition) is 2. The molecule has 0 bridgehead atoms. The molecule has 2 nitrogen and oxygen atoms in total. The Morgan fingerprint density at radius 3 is 2.73 bits per heavy atom. The van der Waals surface area contributed by atoms with Crippen LogP contribution in [0.3, 0.4) is 0 Å². The molecule has 1 N–H and O–H groups in total. The number of pyridine rings is 1. The van der Waals surface area contributed by atoms with Crippen LogP contribution in [0.25, 0.3) is 0 Å². The summed E-state index contributed by atoms with van der Waals surface area (Å²) in [5, 5.41) is 3.17. The maximum absolute atomic E-state index is 4.11. The van der Waals surface area contributed by atoms with E-state index in [0.29, 0.717) is 6.04 Å². The molecule has 0 saturated carbocycles.